The third-order valence-corrected chi connectivity index (χ3v) is 6.17. The molecule has 1 aromatic heterocycles. The molecule has 0 aliphatic rings. The van der Waals surface area contributed by atoms with Crippen molar-refractivity contribution in [3.63, 3.8) is 0 Å². The van der Waals surface area contributed by atoms with Gasteiger partial charge in [0.25, 0.3) is 10.0 Å². The number of anilines is 1. The average molecular weight is 433 g/mol. The molecule has 0 saturated carbocycles. The Kier molecular flexibility index (Phi) is 4.32. The number of rotatable bonds is 3. The van der Waals surface area contributed by atoms with Gasteiger partial charge in [-0.2, -0.15) is 0 Å². The van der Waals surface area contributed by atoms with Crippen LogP contribution in [0.1, 0.15) is 0 Å². The van der Waals surface area contributed by atoms with Crippen LogP contribution in [0.25, 0.3) is 0 Å². The van der Waals surface area contributed by atoms with Crippen molar-refractivity contribution in [3.05, 3.63) is 37.8 Å². The van der Waals surface area contributed by atoms with Crippen LogP contribution >= 0.6 is 54.8 Å². The Morgan fingerprint density at radius 2 is 1.89 bits per heavy atom. The fourth-order valence-electron chi connectivity index (χ4n) is 1.14. The maximum Gasteiger partial charge on any atom is 0.273 e. The van der Waals surface area contributed by atoms with E-state index >= 15 is 0 Å². The molecule has 1 heterocycles. The van der Waals surface area contributed by atoms with Gasteiger partial charge in [-0.3, -0.25) is 4.72 Å². The highest BCUT2D eigenvalue weighted by atomic mass is 79.9. The lowest BCUT2D eigenvalue weighted by Gasteiger charge is -2.09. The van der Waals surface area contributed by atoms with Crippen LogP contribution < -0.4 is 4.72 Å². The molecule has 0 aliphatic carbocycles. The molecule has 0 bridgehead atoms. The number of nitrogens with one attached hydrogen (secondary N) is 1. The van der Waals surface area contributed by atoms with Gasteiger partial charge in [0.1, 0.15) is 0 Å². The first kappa shape index (κ1) is 14.3. The molecule has 0 aliphatic heterocycles. The Bertz CT molecular complexity index is 667. The summed E-state index contributed by atoms with van der Waals surface area (Å²) in [6.07, 6.45) is 1.22. The molecule has 0 saturated heterocycles. The van der Waals surface area contributed by atoms with Crippen LogP contribution in [0, 0.1) is 0 Å². The molecule has 0 fully saturated rings. The molecule has 0 atom stereocenters. The largest absolute Gasteiger partial charge is 0.277 e. The number of hydrogen-bond acceptors (Lipinski definition) is 4. The first-order valence-corrected chi connectivity index (χ1v) is 8.74. The quantitative estimate of drug-likeness (QED) is 0.794. The summed E-state index contributed by atoms with van der Waals surface area (Å²) in [6.45, 7) is 0. The molecule has 0 amide bonds. The summed E-state index contributed by atoms with van der Waals surface area (Å²) in [5.74, 6) is 0. The normalized spacial score (nSPS) is 11.5. The Hall–Kier alpha value is -0.150. The highest BCUT2D eigenvalue weighted by Gasteiger charge is 2.20. The highest BCUT2D eigenvalue weighted by molar-refractivity contribution is 9.11. The Morgan fingerprint density at radius 1 is 1.28 bits per heavy atom. The van der Waals surface area contributed by atoms with E-state index in [4.69, 9.17) is 11.6 Å². The summed E-state index contributed by atoms with van der Waals surface area (Å²) >= 11 is 13.1. The Labute approximate surface area is 130 Å². The van der Waals surface area contributed by atoms with Crippen molar-refractivity contribution in [1.29, 1.82) is 0 Å². The molecule has 0 radical (unpaired) electrons. The lowest BCUT2D eigenvalue weighted by atomic mass is 10.3. The van der Waals surface area contributed by atoms with Gasteiger partial charge in [-0.1, -0.05) is 29.0 Å². The molecule has 9 heteroatoms. The van der Waals surface area contributed by atoms with E-state index in [2.05, 4.69) is 41.6 Å². The molecular weight excluding hydrogens is 428 g/mol. The lowest BCUT2D eigenvalue weighted by Crippen LogP contribution is -2.12. The fourth-order valence-corrected chi connectivity index (χ4v) is 5.00. The monoisotopic (exact) mass is 430 g/mol. The smallest absolute Gasteiger partial charge is 0.273 e. The lowest BCUT2D eigenvalue weighted by molar-refractivity contribution is 0.603. The second kappa shape index (κ2) is 5.46. The van der Waals surface area contributed by atoms with E-state index in [0.717, 1.165) is 11.3 Å². The zero-order chi connectivity index (χ0) is 13.3. The van der Waals surface area contributed by atoms with Gasteiger partial charge in [-0.15, -0.1) is 0 Å². The molecule has 96 valence electrons. The van der Waals surface area contributed by atoms with E-state index in [-0.39, 0.29) is 8.68 Å². The van der Waals surface area contributed by atoms with E-state index in [1.807, 2.05) is 0 Å². The molecule has 0 unspecified atom stereocenters. The SMILES string of the molecule is O=S(=O)(Nc1c(Br)cccc1Br)c1cnc(Cl)s1. The molecule has 2 aromatic rings. The number of thiazole rings is 1. The van der Waals surface area contributed by atoms with Crippen LogP contribution in [0.4, 0.5) is 5.69 Å². The first-order chi connectivity index (χ1) is 8.40. The minimum absolute atomic E-state index is 0.0650. The number of hydrogen-bond donors (Lipinski definition) is 1. The molecular formula is C9H5Br2ClN2O2S2. The fraction of sp³-hybridized carbons (Fsp3) is 0. The van der Waals surface area contributed by atoms with E-state index in [0.29, 0.717) is 14.6 Å². The summed E-state index contributed by atoms with van der Waals surface area (Å²) in [6, 6.07) is 5.26. The van der Waals surface area contributed by atoms with Gasteiger partial charge in [0.15, 0.2) is 8.68 Å². The summed E-state index contributed by atoms with van der Waals surface area (Å²) < 4.78 is 28.1. The number of para-hydroxylation sites is 1. The van der Waals surface area contributed by atoms with Gasteiger partial charge in [0.05, 0.1) is 11.9 Å². The number of aromatic nitrogens is 1. The van der Waals surface area contributed by atoms with Crippen LogP contribution in [0.15, 0.2) is 37.6 Å². The minimum atomic E-state index is -3.68. The van der Waals surface area contributed by atoms with Crippen molar-refractivity contribution < 1.29 is 8.42 Å². The number of nitrogens with zero attached hydrogens (tertiary/aromatic N) is 1. The maximum absolute atomic E-state index is 12.1. The summed E-state index contributed by atoms with van der Waals surface area (Å²) in [4.78, 5) is 3.71. The summed E-state index contributed by atoms with van der Waals surface area (Å²) in [7, 11) is -3.68. The third-order valence-electron chi connectivity index (χ3n) is 1.92. The average Bonchev–Trinajstić information content (AvgIpc) is 2.71. The third kappa shape index (κ3) is 3.05. The summed E-state index contributed by atoms with van der Waals surface area (Å²) in [5.41, 5.74) is 0.432. The zero-order valence-electron chi connectivity index (χ0n) is 8.52. The molecule has 1 N–H and O–H groups in total. The van der Waals surface area contributed by atoms with Crippen LogP contribution in [0.5, 0.6) is 0 Å². The maximum atomic E-state index is 12.1. The molecule has 0 spiro atoms. The van der Waals surface area contributed by atoms with Gasteiger partial charge in [-0.25, -0.2) is 13.4 Å². The van der Waals surface area contributed by atoms with E-state index in [1.54, 1.807) is 18.2 Å². The topological polar surface area (TPSA) is 59.1 Å². The second-order valence-electron chi connectivity index (χ2n) is 3.13. The number of halogens is 3. The second-order valence-corrected chi connectivity index (χ2v) is 8.37. The standard InChI is InChI=1S/C9H5Br2ClN2O2S2/c10-5-2-1-3-6(11)8(5)14-18(15,16)7-4-13-9(12)17-7/h1-4,14H. The first-order valence-electron chi connectivity index (χ1n) is 4.48. The molecule has 1 aromatic carbocycles. The van der Waals surface area contributed by atoms with Crippen LogP contribution in [0.2, 0.25) is 4.47 Å². The minimum Gasteiger partial charge on any atom is -0.277 e. The van der Waals surface area contributed by atoms with Crippen molar-refractivity contribution in [1.82, 2.24) is 4.98 Å². The van der Waals surface area contributed by atoms with Crippen molar-refractivity contribution >= 4 is 70.5 Å². The van der Waals surface area contributed by atoms with Crippen LogP contribution in [0.3, 0.4) is 0 Å². The van der Waals surface area contributed by atoms with Gasteiger partial charge in [0, 0.05) is 8.95 Å². The predicted molar refractivity (Wildman–Crippen MR) is 79.8 cm³/mol. The van der Waals surface area contributed by atoms with E-state index in [1.165, 1.54) is 6.20 Å². The van der Waals surface area contributed by atoms with Gasteiger partial charge in [0.2, 0.25) is 0 Å². The van der Waals surface area contributed by atoms with Gasteiger partial charge >= 0.3 is 0 Å². The van der Waals surface area contributed by atoms with Gasteiger partial charge in [-0.05, 0) is 44.0 Å². The zero-order valence-corrected chi connectivity index (χ0v) is 14.1. The number of sulfonamides is 1. The van der Waals surface area contributed by atoms with E-state index in [9.17, 15) is 8.42 Å². The van der Waals surface area contributed by atoms with Crippen molar-refractivity contribution in [2.24, 2.45) is 0 Å². The van der Waals surface area contributed by atoms with E-state index < -0.39 is 10.0 Å². The molecule has 4 nitrogen and oxygen atoms in total. The number of benzene rings is 1. The predicted octanol–water partition coefficient (Wildman–Crippen LogP) is 4.12. The molecule has 18 heavy (non-hydrogen) atoms. The van der Waals surface area contributed by atoms with Crippen molar-refractivity contribution in [2.75, 3.05) is 4.72 Å². The summed E-state index contributed by atoms with van der Waals surface area (Å²) in [5, 5.41) is 0. The Morgan fingerprint density at radius 3 is 2.39 bits per heavy atom. The van der Waals surface area contributed by atoms with Crippen molar-refractivity contribution in [3.8, 4) is 0 Å². The molecule has 2 rings (SSSR count). The highest BCUT2D eigenvalue weighted by Crippen LogP contribution is 2.33. The van der Waals surface area contributed by atoms with Crippen LogP contribution in [-0.2, 0) is 10.0 Å². The van der Waals surface area contributed by atoms with Crippen molar-refractivity contribution in [2.45, 2.75) is 4.21 Å². The van der Waals surface area contributed by atoms with Gasteiger partial charge < -0.3 is 0 Å². The van der Waals surface area contributed by atoms with Crippen LogP contribution in [-0.4, -0.2) is 13.4 Å². The Balaban J connectivity index is 2.40.